The highest BCUT2D eigenvalue weighted by atomic mass is 16.3. The number of rotatable bonds is 2. The minimum absolute atomic E-state index is 0.163. The van der Waals surface area contributed by atoms with E-state index in [1.54, 1.807) is 12.1 Å². The maximum absolute atomic E-state index is 11.4. The minimum Gasteiger partial charge on any atom is -0.439 e. The molecule has 2 fully saturated rings. The molecule has 1 aromatic carbocycles. The van der Waals surface area contributed by atoms with E-state index in [1.807, 2.05) is 6.07 Å². The van der Waals surface area contributed by atoms with Gasteiger partial charge >= 0.3 is 0 Å². The molecule has 1 saturated carbocycles. The number of carbonyl (C=O) groups excluding carboxylic acids is 1. The number of nitrogens with one attached hydrogen (secondary N) is 1. The molecule has 0 radical (unpaired) electrons. The van der Waals surface area contributed by atoms with Gasteiger partial charge in [-0.2, -0.15) is 0 Å². The molecule has 19 heavy (non-hydrogen) atoms. The number of primary amides is 1. The highest BCUT2D eigenvalue weighted by Crippen LogP contribution is 2.48. The maximum atomic E-state index is 11.4. The maximum Gasteiger partial charge on any atom is 0.251 e. The van der Waals surface area contributed by atoms with E-state index in [9.17, 15) is 4.79 Å². The molecule has 5 nitrogen and oxygen atoms in total. The second kappa shape index (κ2) is 3.57. The van der Waals surface area contributed by atoms with Gasteiger partial charge in [-0.1, -0.05) is 6.07 Å². The molecule has 1 atom stereocenters. The summed E-state index contributed by atoms with van der Waals surface area (Å²) in [5, 5.41) is 3.59. The van der Waals surface area contributed by atoms with Crippen molar-refractivity contribution in [1.29, 1.82) is 0 Å². The lowest BCUT2D eigenvalue weighted by molar-refractivity contribution is 0.100. The number of hydrogen-bond acceptors (Lipinski definition) is 4. The second-order valence-electron chi connectivity index (χ2n) is 5.58. The highest BCUT2D eigenvalue weighted by molar-refractivity contribution is 6.03. The van der Waals surface area contributed by atoms with Gasteiger partial charge in [0.05, 0.1) is 11.6 Å². The summed E-state index contributed by atoms with van der Waals surface area (Å²) in [6.07, 6.45) is 4.71. The van der Waals surface area contributed by atoms with Crippen molar-refractivity contribution in [3.05, 3.63) is 29.7 Å². The van der Waals surface area contributed by atoms with Crippen molar-refractivity contribution in [2.24, 2.45) is 5.73 Å². The molecule has 1 aromatic heterocycles. The topological polar surface area (TPSA) is 81.2 Å². The standard InChI is InChI=1S/C14H15N3O2/c15-12(18)8-2-1-3-10-11(8)16-13(19-10)9-4-5-14(17-9)6-7-14/h1-3,9,17H,4-7H2,(H2,15,18). The Balaban J connectivity index is 1.75. The van der Waals surface area contributed by atoms with Gasteiger partial charge < -0.3 is 15.5 Å². The van der Waals surface area contributed by atoms with Crippen LogP contribution in [0.5, 0.6) is 0 Å². The zero-order valence-electron chi connectivity index (χ0n) is 10.5. The van der Waals surface area contributed by atoms with Gasteiger partial charge in [-0.3, -0.25) is 4.79 Å². The van der Waals surface area contributed by atoms with Gasteiger partial charge in [0.25, 0.3) is 5.91 Å². The van der Waals surface area contributed by atoms with Crippen molar-refractivity contribution < 1.29 is 9.21 Å². The Kier molecular flexibility index (Phi) is 2.07. The third kappa shape index (κ3) is 1.65. The summed E-state index contributed by atoms with van der Waals surface area (Å²) >= 11 is 0. The van der Waals surface area contributed by atoms with Crippen molar-refractivity contribution in [2.45, 2.75) is 37.3 Å². The number of benzene rings is 1. The molecule has 3 N–H and O–H groups in total. The lowest BCUT2D eigenvalue weighted by atomic mass is 10.2. The molecule has 5 heteroatoms. The molecule has 1 aliphatic carbocycles. The van der Waals surface area contributed by atoms with Crippen LogP contribution in [0, 0.1) is 0 Å². The number of oxazole rings is 1. The van der Waals surface area contributed by atoms with E-state index in [0.29, 0.717) is 28.1 Å². The van der Waals surface area contributed by atoms with Gasteiger partial charge in [0.2, 0.25) is 5.89 Å². The van der Waals surface area contributed by atoms with Crippen LogP contribution in [0.1, 0.15) is 48.0 Å². The summed E-state index contributed by atoms with van der Waals surface area (Å²) in [5.74, 6) is 0.205. The van der Waals surface area contributed by atoms with Crippen molar-refractivity contribution in [3.63, 3.8) is 0 Å². The first kappa shape index (κ1) is 11.0. The third-order valence-electron chi connectivity index (χ3n) is 4.24. The molecule has 4 rings (SSSR count). The summed E-state index contributed by atoms with van der Waals surface area (Å²) in [5.41, 5.74) is 7.33. The quantitative estimate of drug-likeness (QED) is 0.860. The van der Waals surface area contributed by atoms with Crippen molar-refractivity contribution in [2.75, 3.05) is 0 Å². The fourth-order valence-corrected chi connectivity index (χ4v) is 2.98. The molecule has 2 heterocycles. The molecule has 0 bridgehead atoms. The molecule has 1 saturated heterocycles. The van der Waals surface area contributed by atoms with Crippen LogP contribution >= 0.6 is 0 Å². The van der Waals surface area contributed by atoms with E-state index in [2.05, 4.69) is 10.3 Å². The fraction of sp³-hybridized carbons (Fsp3) is 0.429. The average molecular weight is 257 g/mol. The lowest BCUT2D eigenvalue weighted by Gasteiger charge is -2.08. The Morgan fingerprint density at radius 3 is 2.95 bits per heavy atom. The van der Waals surface area contributed by atoms with Gasteiger partial charge in [-0.25, -0.2) is 4.98 Å². The first-order chi connectivity index (χ1) is 9.17. The van der Waals surface area contributed by atoms with Gasteiger partial charge in [0.1, 0.15) is 5.52 Å². The molecular formula is C14H15N3O2. The Hall–Kier alpha value is -1.88. The molecule has 2 aliphatic rings. The lowest BCUT2D eigenvalue weighted by Crippen LogP contribution is -2.25. The van der Waals surface area contributed by atoms with Crippen LogP contribution in [0.2, 0.25) is 0 Å². The summed E-state index contributed by atoms with van der Waals surface area (Å²) in [7, 11) is 0. The van der Waals surface area contributed by atoms with E-state index in [-0.39, 0.29) is 6.04 Å². The molecule has 1 spiro atoms. The first-order valence-corrected chi connectivity index (χ1v) is 6.64. The van der Waals surface area contributed by atoms with E-state index in [0.717, 1.165) is 6.42 Å². The van der Waals surface area contributed by atoms with Crippen LogP contribution in [0.4, 0.5) is 0 Å². The Morgan fingerprint density at radius 1 is 1.42 bits per heavy atom. The second-order valence-corrected chi connectivity index (χ2v) is 5.58. The van der Waals surface area contributed by atoms with Crippen molar-refractivity contribution in [1.82, 2.24) is 10.3 Å². The average Bonchev–Trinajstić information content (AvgIpc) is 2.84. The zero-order chi connectivity index (χ0) is 13.0. The number of amides is 1. The summed E-state index contributed by atoms with van der Waals surface area (Å²) in [6.45, 7) is 0. The Labute approximate surface area is 110 Å². The fourth-order valence-electron chi connectivity index (χ4n) is 2.98. The predicted octanol–water partition coefficient (Wildman–Crippen LogP) is 1.88. The van der Waals surface area contributed by atoms with Crippen molar-refractivity contribution >= 4 is 17.0 Å². The van der Waals surface area contributed by atoms with Crippen LogP contribution in [0.25, 0.3) is 11.1 Å². The van der Waals surface area contributed by atoms with E-state index >= 15 is 0 Å². The molecule has 2 aromatic rings. The number of carbonyl (C=O) groups is 1. The van der Waals surface area contributed by atoms with Crippen LogP contribution in [-0.2, 0) is 0 Å². The van der Waals surface area contributed by atoms with Crippen LogP contribution in [0.15, 0.2) is 22.6 Å². The smallest absolute Gasteiger partial charge is 0.251 e. The normalized spacial score (nSPS) is 24.1. The van der Waals surface area contributed by atoms with E-state index in [4.69, 9.17) is 10.2 Å². The number of hydrogen-bond donors (Lipinski definition) is 2. The molecule has 98 valence electrons. The minimum atomic E-state index is -0.469. The number of nitrogens with zero attached hydrogens (tertiary/aromatic N) is 1. The van der Waals surface area contributed by atoms with Crippen molar-refractivity contribution in [3.8, 4) is 0 Å². The molecular weight excluding hydrogens is 242 g/mol. The van der Waals surface area contributed by atoms with E-state index < -0.39 is 5.91 Å². The monoisotopic (exact) mass is 257 g/mol. The largest absolute Gasteiger partial charge is 0.439 e. The molecule has 1 aliphatic heterocycles. The van der Waals surface area contributed by atoms with Gasteiger partial charge in [0.15, 0.2) is 5.58 Å². The van der Waals surface area contributed by atoms with Crippen LogP contribution in [0.3, 0.4) is 0 Å². The number of nitrogens with two attached hydrogens (primary N) is 1. The summed E-state index contributed by atoms with van der Waals surface area (Å²) < 4.78 is 5.78. The predicted molar refractivity (Wildman–Crippen MR) is 69.6 cm³/mol. The SMILES string of the molecule is NC(=O)c1cccc2oc(C3CCC4(CC4)N3)nc12. The summed E-state index contributed by atoms with van der Waals surface area (Å²) in [4.78, 5) is 15.9. The number of aromatic nitrogens is 1. The highest BCUT2D eigenvalue weighted by Gasteiger charge is 2.49. The van der Waals surface area contributed by atoms with Gasteiger partial charge in [-0.15, -0.1) is 0 Å². The van der Waals surface area contributed by atoms with Gasteiger partial charge in [0, 0.05) is 5.54 Å². The Morgan fingerprint density at radius 2 is 2.26 bits per heavy atom. The first-order valence-electron chi connectivity index (χ1n) is 6.64. The van der Waals surface area contributed by atoms with E-state index in [1.165, 1.54) is 19.3 Å². The zero-order valence-corrected chi connectivity index (χ0v) is 10.5. The van der Waals surface area contributed by atoms with Crippen LogP contribution in [-0.4, -0.2) is 16.4 Å². The Bertz CT molecular complexity index is 672. The number of para-hydroxylation sites is 1. The number of fused-ring (bicyclic) bond motifs is 1. The summed E-state index contributed by atoms with van der Waals surface area (Å²) in [6, 6.07) is 5.43. The van der Waals surface area contributed by atoms with Gasteiger partial charge in [-0.05, 0) is 37.8 Å². The third-order valence-corrected chi connectivity index (χ3v) is 4.24. The van der Waals surface area contributed by atoms with Crippen LogP contribution < -0.4 is 11.1 Å². The molecule has 1 unspecified atom stereocenters. The molecule has 1 amide bonds.